The summed E-state index contributed by atoms with van der Waals surface area (Å²) in [6, 6.07) is 9.79. The minimum atomic E-state index is 0.222. The van der Waals surface area contributed by atoms with Crippen molar-refractivity contribution in [2.24, 2.45) is 0 Å². The van der Waals surface area contributed by atoms with Crippen molar-refractivity contribution in [2.75, 3.05) is 6.61 Å². The van der Waals surface area contributed by atoms with Gasteiger partial charge in [0, 0.05) is 18.8 Å². The van der Waals surface area contributed by atoms with Crippen LogP contribution >= 0.6 is 0 Å². The van der Waals surface area contributed by atoms with Gasteiger partial charge in [0.1, 0.15) is 18.1 Å². The zero-order chi connectivity index (χ0) is 13.5. The molecule has 0 radical (unpaired) electrons. The molecular weight excluding hydrogens is 240 g/mol. The first kappa shape index (κ1) is 13.3. The Bertz CT molecular complexity index is 503. The Morgan fingerprint density at radius 2 is 2.11 bits per heavy atom. The topological polar surface area (TPSA) is 44.1 Å². The summed E-state index contributed by atoms with van der Waals surface area (Å²) in [7, 11) is 0. The second-order valence-electron chi connectivity index (χ2n) is 4.46. The molecule has 2 aromatic rings. The maximum Gasteiger partial charge on any atom is 0.130 e. The summed E-state index contributed by atoms with van der Waals surface area (Å²) >= 11 is 0. The van der Waals surface area contributed by atoms with Crippen molar-refractivity contribution in [3.63, 3.8) is 0 Å². The Kier molecular flexibility index (Phi) is 4.72. The lowest BCUT2D eigenvalue weighted by Crippen LogP contribution is -2.08. The van der Waals surface area contributed by atoms with Gasteiger partial charge in [0.25, 0.3) is 0 Å². The fraction of sp³-hybridized carbons (Fsp3) is 0.333. The van der Waals surface area contributed by atoms with E-state index in [2.05, 4.69) is 5.10 Å². The maximum atomic E-state index is 10.9. The molecule has 0 fully saturated rings. The van der Waals surface area contributed by atoms with Gasteiger partial charge < -0.3 is 9.53 Å². The number of Topliss-reactive ketones (excluding diaryl/α,β-unsaturated/α-hetero) is 1. The quantitative estimate of drug-likeness (QED) is 0.766. The monoisotopic (exact) mass is 258 g/mol. The molecule has 4 nitrogen and oxygen atoms in total. The van der Waals surface area contributed by atoms with Gasteiger partial charge in [-0.05, 0) is 37.1 Å². The predicted octanol–water partition coefficient (Wildman–Crippen LogP) is 2.48. The largest absolute Gasteiger partial charge is 0.492 e. The van der Waals surface area contributed by atoms with Gasteiger partial charge in [-0.3, -0.25) is 4.68 Å². The SMILES string of the molecule is CC(=O)CCc1ccc(OCCn2cccn2)cc1. The first-order valence-electron chi connectivity index (χ1n) is 6.42. The number of nitrogens with zero attached hydrogens (tertiary/aromatic N) is 2. The number of ketones is 1. The van der Waals surface area contributed by atoms with Crippen molar-refractivity contribution in [1.29, 1.82) is 0 Å². The highest BCUT2D eigenvalue weighted by atomic mass is 16.5. The van der Waals surface area contributed by atoms with Crippen LogP contribution in [-0.4, -0.2) is 22.2 Å². The Morgan fingerprint density at radius 1 is 1.32 bits per heavy atom. The van der Waals surface area contributed by atoms with E-state index >= 15 is 0 Å². The van der Waals surface area contributed by atoms with E-state index in [4.69, 9.17) is 4.74 Å². The van der Waals surface area contributed by atoms with Gasteiger partial charge >= 0.3 is 0 Å². The van der Waals surface area contributed by atoms with Crippen molar-refractivity contribution in [2.45, 2.75) is 26.3 Å². The minimum Gasteiger partial charge on any atom is -0.492 e. The summed E-state index contributed by atoms with van der Waals surface area (Å²) in [5.41, 5.74) is 1.16. The zero-order valence-corrected chi connectivity index (χ0v) is 11.1. The Hall–Kier alpha value is -2.10. The third-order valence-corrected chi connectivity index (χ3v) is 2.84. The van der Waals surface area contributed by atoms with Crippen LogP contribution in [0.3, 0.4) is 0 Å². The number of benzene rings is 1. The highest BCUT2D eigenvalue weighted by Gasteiger charge is 1.98. The summed E-state index contributed by atoms with van der Waals surface area (Å²) in [4.78, 5) is 10.9. The molecule has 0 saturated carbocycles. The summed E-state index contributed by atoms with van der Waals surface area (Å²) in [6.45, 7) is 2.94. The second-order valence-corrected chi connectivity index (χ2v) is 4.46. The first-order valence-corrected chi connectivity index (χ1v) is 6.42. The third-order valence-electron chi connectivity index (χ3n) is 2.84. The Morgan fingerprint density at radius 3 is 2.74 bits per heavy atom. The molecule has 0 aliphatic heterocycles. The summed E-state index contributed by atoms with van der Waals surface area (Å²) in [6.07, 6.45) is 5.06. The van der Waals surface area contributed by atoms with Gasteiger partial charge in [-0.25, -0.2) is 0 Å². The van der Waals surface area contributed by atoms with Crippen molar-refractivity contribution >= 4 is 5.78 Å². The molecule has 2 rings (SSSR count). The van der Waals surface area contributed by atoms with Crippen molar-refractivity contribution in [1.82, 2.24) is 9.78 Å². The van der Waals surface area contributed by atoms with E-state index in [-0.39, 0.29) is 5.78 Å². The molecule has 0 N–H and O–H groups in total. The van der Waals surface area contributed by atoms with Gasteiger partial charge in [-0.2, -0.15) is 5.10 Å². The molecule has 1 aromatic carbocycles. The highest BCUT2D eigenvalue weighted by molar-refractivity contribution is 5.75. The first-order chi connectivity index (χ1) is 9.24. The lowest BCUT2D eigenvalue weighted by Gasteiger charge is -2.07. The molecule has 0 aliphatic carbocycles. The highest BCUT2D eigenvalue weighted by Crippen LogP contribution is 2.13. The molecule has 0 aliphatic rings. The van der Waals surface area contributed by atoms with Crippen LogP contribution in [0.4, 0.5) is 0 Å². The van der Waals surface area contributed by atoms with Crippen LogP contribution in [0, 0.1) is 0 Å². The number of hydrogen-bond acceptors (Lipinski definition) is 3. The molecule has 0 saturated heterocycles. The Labute approximate surface area is 113 Å². The van der Waals surface area contributed by atoms with E-state index in [1.807, 2.05) is 41.2 Å². The number of carbonyl (C=O) groups excluding carboxylic acids is 1. The van der Waals surface area contributed by atoms with Crippen LogP contribution in [-0.2, 0) is 17.8 Å². The fourth-order valence-electron chi connectivity index (χ4n) is 1.76. The van der Waals surface area contributed by atoms with Gasteiger partial charge in [0.05, 0.1) is 6.54 Å². The number of carbonyl (C=O) groups is 1. The summed E-state index contributed by atoms with van der Waals surface area (Å²) < 4.78 is 7.47. The van der Waals surface area contributed by atoms with Crippen LogP contribution in [0.5, 0.6) is 5.75 Å². The molecule has 4 heteroatoms. The summed E-state index contributed by atoms with van der Waals surface area (Å²) in [5.74, 6) is 1.07. The zero-order valence-electron chi connectivity index (χ0n) is 11.1. The predicted molar refractivity (Wildman–Crippen MR) is 73.2 cm³/mol. The molecule has 0 bridgehead atoms. The third kappa shape index (κ3) is 4.58. The summed E-state index contributed by atoms with van der Waals surface area (Å²) in [5, 5.41) is 4.11. The molecule has 1 heterocycles. The van der Waals surface area contributed by atoms with Gasteiger partial charge in [-0.15, -0.1) is 0 Å². The number of aryl methyl sites for hydroxylation is 1. The van der Waals surface area contributed by atoms with Crippen molar-refractivity contribution < 1.29 is 9.53 Å². The lowest BCUT2D eigenvalue weighted by molar-refractivity contribution is -0.116. The molecule has 0 spiro atoms. The molecular formula is C15H18N2O2. The molecule has 0 unspecified atom stereocenters. The Balaban J connectivity index is 1.76. The van der Waals surface area contributed by atoms with E-state index in [0.717, 1.165) is 24.3 Å². The van der Waals surface area contributed by atoms with Crippen LogP contribution in [0.15, 0.2) is 42.7 Å². The molecule has 19 heavy (non-hydrogen) atoms. The number of hydrogen-bond donors (Lipinski definition) is 0. The van der Waals surface area contributed by atoms with Crippen LogP contribution in [0.1, 0.15) is 18.9 Å². The molecule has 1 aromatic heterocycles. The number of rotatable bonds is 7. The van der Waals surface area contributed by atoms with Gasteiger partial charge in [-0.1, -0.05) is 12.1 Å². The van der Waals surface area contributed by atoms with Crippen LogP contribution in [0.2, 0.25) is 0 Å². The fourth-order valence-corrected chi connectivity index (χ4v) is 1.76. The average molecular weight is 258 g/mol. The van der Waals surface area contributed by atoms with Gasteiger partial charge in [0.15, 0.2) is 0 Å². The lowest BCUT2D eigenvalue weighted by atomic mass is 10.1. The van der Waals surface area contributed by atoms with Gasteiger partial charge in [0.2, 0.25) is 0 Å². The standard InChI is InChI=1S/C15H18N2O2/c1-13(18)3-4-14-5-7-15(8-6-14)19-12-11-17-10-2-9-16-17/h2,5-10H,3-4,11-12H2,1H3. The molecule has 0 amide bonds. The van der Waals surface area contributed by atoms with Crippen molar-refractivity contribution in [3.8, 4) is 5.75 Å². The minimum absolute atomic E-state index is 0.222. The smallest absolute Gasteiger partial charge is 0.130 e. The normalized spacial score (nSPS) is 10.4. The van der Waals surface area contributed by atoms with E-state index < -0.39 is 0 Å². The molecule has 0 atom stereocenters. The van der Waals surface area contributed by atoms with Crippen LogP contribution < -0.4 is 4.74 Å². The number of aromatic nitrogens is 2. The van der Waals surface area contributed by atoms with E-state index in [9.17, 15) is 4.79 Å². The second kappa shape index (κ2) is 6.73. The number of ether oxygens (including phenoxy) is 1. The van der Waals surface area contributed by atoms with E-state index in [1.54, 1.807) is 13.1 Å². The maximum absolute atomic E-state index is 10.9. The van der Waals surface area contributed by atoms with Crippen LogP contribution in [0.25, 0.3) is 0 Å². The van der Waals surface area contributed by atoms with E-state index in [1.165, 1.54) is 0 Å². The van der Waals surface area contributed by atoms with Crippen molar-refractivity contribution in [3.05, 3.63) is 48.3 Å². The van der Waals surface area contributed by atoms with E-state index in [0.29, 0.717) is 13.0 Å². The average Bonchev–Trinajstić information content (AvgIpc) is 2.91. The molecule has 100 valence electrons.